The van der Waals surface area contributed by atoms with Gasteiger partial charge in [0.05, 0.1) is 0 Å². The average molecular weight is 201 g/mol. The maximum absolute atomic E-state index is 9.62. The van der Waals surface area contributed by atoms with Crippen molar-refractivity contribution in [3.05, 3.63) is 0 Å². The van der Waals surface area contributed by atoms with E-state index in [0.717, 1.165) is 0 Å². The molecule has 0 aliphatic carbocycles. The first kappa shape index (κ1) is 11.6. The Morgan fingerprint density at radius 1 is 1.38 bits per heavy atom. The highest BCUT2D eigenvalue weighted by atomic mass is 35.5. The van der Waals surface area contributed by atoms with Crippen LogP contribution in [0.15, 0.2) is 0 Å². The Bertz CT molecular complexity index is 137. The van der Waals surface area contributed by atoms with Crippen molar-refractivity contribution >= 4 is 45.7 Å². The predicted molar refractivity (Wildman–Crippen MR) is 34.3 cm³/mol. The van der Waals surface area contributed by atoms with Crippen LogP contribution in [-0.2, 0) is 10.1 Å². The normalized spacial score (nSPS) is 11.0. The van der Waals surface area contributed by atoms with E-state index >= 15 is 0 Å². The molecule has 0 rings (SSSR count). The summed E-state index contributed by atoms with van der Waals surface area (Å²) >= 11 is 9.36. The van der Waals surface area contributed by atoms with Crippen molar-refractivity contribution in [2.24, 2.45) is 0 Å². The van der Waals surface area contributed by atoms with Crippen LogP contribution in [-0.4, -0.2) is 17.1 Å². The van der Waals surface area contributed by atoms with E-state index in [2.05, 4.69) is 23.2 Å². The van der Waals surface area contributed by atoms with Crippen LogP contribution in [0.2, 0.25) is 0 Å². The third kappa shape index (κ3) is 4.93. The molecule has 0 aliphatic rings. The zero-order chi connectivity index (χ0) is 6.08. The quantitative estimate of drug-likeness (QED) is 0.510. The molecule has 0 aromatic carbocycles. The molecule has 0 fully saturated rings. The van der Waals surface area contributed by atoms with E-state index < -0.39 is 14.3 Å². The molecule has 0 aromatic rings. The molecule has 0 atom stereocenters. The molecule has 0 bridgehead atoms. The van der Waals surface area contributed by atoms with Crippen molar-refractivity contribution in [3.8, 4) is 0 Å². The highest BCUT2D eigenvalue weighted by Crippen LogP contribution is 2.07. The lowest BCUT2D eigenvalue weighted by atomic mass is 11.9. The highest BCUT2D eigenvalue weighted by molar-refractivity contribution is 7.89. The van der Waals surface area contributed by atoms with Crippen LogP contribution >= 0.6 is 35.6 Å². The smallest absolute Gasteiger partial charge is 0.283 e. The molecule has 52 valence electrons. The SMILES string of the molecule is Cl.O=S(=O)(O)C(Cl)Cl. The Labute approximate surface area is 63.1 Å². The zero-order valence-electron chi connectivity index (χ0n) is 3.41. The summed E-state index contributed by atoms with van der Waals surface area (Å²) in [6.45, 7) is 0. The first-order valence-electron chi connectivity index (χ1n) is 1.19. The van der Waals surface area contributed by atoms with Gasteiger partial charge < -0.3 is 0 Å². The lowest BCUT2D eigenvalue weighted by Gasteiger charge is -1.89. The largest absolute Gasteiger partial charge is 0.296 e. The van der Waals surface area contributed by atoms with Crippen molar-refractivity contribution in [2.75, 3.05) is 0 Å². The lowest BCUT2D eigenvalue weighted by Crippen LogP contribution is -2.05. The lowest BCUT2D eigenvalue weighted by molar-refractivity contribution is 0.486. The highest BCUT2D eigenvalue weighted by Gasteiger charge is 2.14. The first-order valence-corrected chi connectivity index (χ1v) is 3.56. The fraction of sp³-hybridized carbons (Fsp3) is 1.00. The van der Waals surface area contributed by atoms with E-state index in [1.807, 2.05) is 0 Å². The fourth-order valence-corrected chi connectivity index (χ4v) is 0. The molecule has 0 saturated carbocycles. The zero-order valence-corrected chi connectivity index (χ0v) is 6.56. The molecule has 0 saturated heterocycles. The summed E-state index contributed by atoms with van der Waals surface area (Å²) in [5, 5.41) is 0. The number of hydrogen-bond acceptors (Lipinski definition) is 2. The molecule has 0 amide bonds. The van der Waals surface area contributed by atoms with Gasteiger partial charge in [-0.2, -0.15) is 8.42 Å². The molecular weight excluding hydrogens is 198 g/mol. The van der Waals surface area contributed by atoms with Crippen LogP contribution in [0.1, 0.15) is 0 Å². The number of halogens is 3. The summed E-state index contributed by atoms with van der Waals surface area (Å²) in [5.41, 5.74) is 0. The van der Waals surface area contributed by atoms with Crippen LogP contribution in [0.25, 0.3) is 0 Å². The second-order valence-electron chi connectivity index (χ2n) is 0.776. The van der Waals surface area contributed by atoms with Gasteiger partial charge in [-0.05, 0) is 0 Å². The van der Waals surface area contributed by atoms with Crippen LogP contribution < -0.4 is 0 Å². The molecule has 0 heterocycles. The molecule has 0 aliphatic heterocycles. The minimum atomic E-state index is -4.21. The van der Waals surface area contributed by atoms with Gasteiger partial charge in [0.25, 0.3) is 10.1 Å². The van der Waals surface area contributed by atoms with Crippen LogP contribution in [0, 0.1) is 0 Å². The molecular formula is CH3Cl3O3S. The van der Waals surface area contributed by atoms with E-state index in [1.165, 1.54) is 0 Å². The number of hydrogen-bond donors (Lipinski definition) is 1. The monoisotopic (exact) mass is 200 g/mol. The Kier molecular flexibility index (Phi) is 5.40. The Balaban J connectivity index is 0. The first-order chi connectivity index (χ1) is 2.94. The summed E-state index contributed by atoms with van der Waals surface area (Å²) in [7, 11) is -4.21. The third-order valence-corrected chi connectivity index (χ3v) is 2.03. The van der Waals surface area contributed by atoms with Crippen LogP contribution in [0.4, 0.5) is 0 Å². The third-order valence-electron chi connectivity index (χ3n) is 0.225. The second kappa shape index (κ2) is 3.74. The molecule has 1 N–H and O–H groups in total. The van der Waals surface area contributed by atoms with E-state index in [4.69, 9.17) is 4.55 Å². The van der Waals surface area contributed by atoms with E-state index in [1.54, 1.807) is 0 Å². The topological polar surface area (TPSA) is 54.4 Å². The van der Waals surface area contributed by atoms with Crippen LogP contribution in [0.3, 0.4) is 0 Å². The van der Waals surface area contributed by atoms with Crippen molar-refractivity contribution in [1.29, 1.82) is 0 Å². The molecule has 0 unspecified atom stereocenters. The average Bonchev–Trinajstić information content (AvgIpc) is 1.31. The standard InChI is InChI=1S/CH2Cl2O3S.ClH/c2-1(3)7(4,5)6;/h1H,(H,4,5,6);1H. The predicted octanol–water partition coefficient (Wildman–Crippen LogP) is 1.06. The molecule has 0 radical (unpaired) electrons. The van der Waals surface area contributed by atoms with Gasteiger partial charge in [0.2, 0.25) is 4.17 Å². The van der Waals surface area contributed by atoms with Gasteiger partial charge >= 0.3 is 0 Å². The van der Waals surface area contributed by atoms with Gasteiger partial charge in [0.1, 0.15) is 0 Å². The van der Waals surface area contributed by atoms with Crippen molar-refractivity contribution < 1.29 is 13.0 Å². The molecule has 7 heteroatoms. The van der Waals surface area contributed by atoms with E-state index in [9.17, 15) is 8.42 Å². The van der Waals surface area contributed by atoms with Gasteiger partial charge in [-0.25, -0.2) is 0 Å². The summed E-state index contributed by atoms with van der Waals surface area (Å²) in [5.74, 6) is 0. The van der Waals surface area contributed by atoms with Gasteiger partial charge in [-0.15, -0.1) is 12.4 Å². The molecule has 8 heavy (non-hydrogen) atoms. The van der Waals surface area contributed by atoms with Gasteiger partial charge in [-0.3, -0.25) is 4.55 Å². The Morgan fingerprint density at radius 2 is 1.50 bits per heavy atom. The summed E-state index contributed by atoms with van der Waals surface area (Å²) in [6.07, 6.45) is 0. The fourth-order valence-electron chi connectivity index (χ4n) is 0. The molecule has 0 spiro atoms. The maximum Gasteiger partial charge on any atom is 0.296 e. The summed E-state index contributed by atoms with van der Waals surface area (Å²) in [4.78, 5) is 0. The Hall–Kier alpha value is 0.780. The minimum absolute atomic E-state index is 0. The summed E-state index contributed by atoms with van der Waals surface area (Å²) < 4.78 is 25.3. The number of alkyl halides is 2. The van der Waals surface area contributed by atoms with Crippen molar-refractivity contribution in [2.45, 2.75) is 4.17 Å². The minimum Gasteiger partial charge on any atom is -0.283 e. The van der Waals surface area contributed by atoms with E-state index in [0.29, 0.717) is 0 Å². The van der Waals surface area contributed by atoms with Crippen molar-refractivity contribution in [1.82, 2.24) is 0 Å². The van der Waals surface area contributed by atoms with Gasteiger partial charge in [0.15, 0.2) is 0 Å². The molecule has 0 aromatic heterocycles. The van der Waals surface area contributed by atoms with Gasteiger partial charge in [0, 0.05) is 0 Å². The van der Waals surface area contributed by atoms with Crippen molar-refractivity contribution in [3.63, 3.8) is 0 Å². The van der Waals surface area contributed by atoms with Gasteiger partial charge in [-0.1, -0.05) is 23.2 Å². The van der Waals surface area contributed by atoms with Crippen LogP contribution in [0.5, 0.6) is 0 Å². The van der Waals surface area contributed by atoms with E-state index in [-0.39, 0.29) is 12.4 Å². The maximum atomic E-state index is 9.62. The summed E-state index contributed by atoms with van der Waals surface area (Å²) in [6, 6.07) is 0. The second-order valence-corrected chi connectivity index (χ2v) is 3.89. The number of rotatable bonds is 1. The Morgan fingerprint density at radius 3 is 1.50 bits per heavy atom. The molecule has 3 nitrogen and oxygen atoms in total.